The molecule has 0 fully saturated rings. The van der Waals surface area contributed by atoms with Crippen LogP contribution in [0.25, 0.3) is 32.8 Å². The molecule has 5 heteroatoms. The minimum atomic E-state index is -0.340. The van der Waals surface area contributed by atoms with Gasteiger partial charge in [0.1, 0.15) is 17.3 Å². The maximum atomic E-state index is 6.27. The van der Waals surface area contributed by atoms with E-state index in [1.165, 1.54) is 27.7 Å². The largest absolute Gasteiger partial charge is 0.456 e. The minimum Gasteiger partial charge on any atom is -0.456 e. The average molecular weight is 501 g/mol. The number of benzene rings is 4. The monoisotopic (exact) mass is 500 g/mol. The number of fused-ring (bicyclic) bond motifs is 5. The molecule has 0 amide bonds. The van der Waals surface area contributed by atoms with Gasteiger partial charge in [0.25, 0.3) is 0 Å². The SMILES string of the molecule is CC1N(c2nn(C(C)C)c3ccccc23)c2ccccc2N1C(C)(C)c1cccc2oc3ccccc3c12. The highest BCUT2D eigenvalue weighted by Gasteiger charge is 2.44. The number of anilines is 3. The molecule has 190 valence electrons. The molecule has 0 spiro atoms. The van der Waals surface area contributed by atoms with E-state index in [2.05, 4.69) is 134 Å². The van der Waals surface area contributed by atoms with Gasteiger partial charge in [0.2, 0.25) is 0 Å². The molecule has 1 aliphatic rings. The smallest absolute Gasteiger partial charge is 0.164 e. The van der Waals surface area contributed by atoms with Crippen molar-refractivity contribution in [3.05, 3.63) is 96.6 Å². The molecule has 4 aromatic carbocycles. The van der Waals surface area contributed by atoms with Gasteiger partial charge in [0, 0.05) is 22.2 Å². The molecule has 2 aromatic heterocycles. The Balaban J connectivity index is 1.44. The third-order valence-corrected chi connectivity index (χ3v) is 8.12. The Bertz CT molecular complexity index is 1830. The van der Waals surface area contributed by atoms with E-state index in [1.807, 2.05) is 6.07 Å². The molecule has 6 aromatic rings. The van der Waals surface area contributed by atoms with Crippen LogP contribution in [0.5, 0.6) is 0 Å². The Hall–Kier alpha value is -4.25. The number of hydrogen-bond donors (Lipinski definition) is 0. The van der Waals surface area contributed by atoms with Gasteiger partial charge in [-0.15, -0.1) is 0 Å². The fourth-order valence-electron chi connectivity index (χ4n) is 6.51. The Morgan fingerprint density at radius 1 is 0.763 bits per heavy atom. The fourth-order valence-corrected chi connectivity index (χ4v) is 6.51. The van der Waals surface area contributed by atoms with E-state index in [1.54, 1.807) is 0 Å². The minimum absolute atomic E-state index is 0.0368. The van der Waals surface area contributed by atoms with Crippen molar-refractivity contribution in [1.82, 2.24) is 9.78 Å². The van der Waals surface area contributed by atoms with Crippen LogP contribution in [0, 0.1) is 0 Å². The first-order chi connectivity index (χ1) is 18.4. The van der Waals surface area contributed by atoms with Crippen molar-refractivity contribution in [1.29, 1.82) is 0 Å². The van der Waals surface area contributed by atoms with Crippen LogP contribution < -0.4 is 9.80 Å². The topological polar surface area (TPSA) is 37.4 Å². The Kier molecular flexibility index (Phi) is 4.90. The number of furan rings is 1. The van der Waals surface area contributed by atoms with E-state index in [4.69, 9.17) is 9.52 Å². The zero-order valence-electron chi connectivity index (χ0n) is 22.5. The lowest BCUT2D eigenvalue weighted by molar-refractivity contribution is 0.449. The second-order valence-corrected chi connectivity index (χ2v) is 11.1. The van der Waals surface area contributed by atoms with Gasteiger partial charge >= 0.3 is 0 Å². The highest BCUT2D eigenvalue weighted by Crippen LogP contribution is 2.51. The summed E-state index contributed by atoms with van der Waals surface area (Å²) in [5.41, 5.74) is 6.31. The maximum Gasteiger partial charge on any atom is 0.164 e. The van der Waals surface area contributed by atoms with E-state index in [-0.39, 0.29) is 17.7 Å². The number of hydrogen-bond acceptors (Lipinski definition) is 4. The molecule has 1 unspecified atom stereocenters. The lowest BCUT2D eigenvalue weighted by Crippen LogP contribution is -2.49. The molecule has 0 aliphatic carbocycles. The normalized spacial score (nSPS) is 15.9. The van der Waals surface area contributed by atoms with Gasteiger partial charge in [-0.25, -0.2) is 0 Å². The van der Waals surface area contributed by atoms with E-state index in [0.29, 0.717) is 0 Å². The summed E-state index contributed by atoms with van der Waals surface area (Å²) in [5.74, 6) is 1.000. The van der Waals surface area contributed by atoms with E-state index in [0.717, 1.165) is 27.9 Å². The maximum absolute atomic E-state index is 6.27. The second kappa shape index (κ2) is 8.12. The third kappa shape index (κ3) is 3.08. The van der Waals surface area contributed by atoms with Gasteiger partial charge in [-0.3, -0.25) is 4.68 Å². The van der Waals surface area contributed by atoms with Gasteiger partial charge in [-0.2, -0.15) is 5.10 Å². The lowest BCUT2D eigenvalue weighted by Gasteiger charge is -2.42. The molecule has 1 atom stereocenters. The lowest BCUT2D eigenvalue weighted by atomic mass is 9.88. The van der Waals surface area contributed by atoms with Crippen molar-refractivity contribution >= 4 is 50.0 Å². The van der Waals surface area contributed by atoms with Crippen molar-refractivity contribution in [2.75, 3.05) is 9.80 Å². The van der Waals surface area contributed by atoms with Crippen LogP contribution in [0.15, 0.2) is 95.4 Å². The van der Waals surface area contributed by atoms with Gasteiger partial charge < -0.3 is 14.2 Å². The summed E-state index contributed by atoms with van der Waals surface area (Å²) < 4.78 is 8.41. The van der Waals surface area contributed by atoms with Crippen LogP contribution >= 0.6 is 0 Å². The van der Waals surface area contributed by atoms with Crippen molar-refractivity contribution < 1.29 is 4.42 Å². The van der Waals surface area contributed by atoms with Gasteiger partial charge in [-0.1, -0.05) is 54.6 Å². The van der Waals surface area contributed by atoms with Crippen LogP contribution in [0.1, 0.15) is 46.2 Å². The first kappa shape index (κ1) is 22.9. The van der Waals surface area contributed by atoms with Crippen LogP contribution in [0.2, 0.25) is 0 Å². The molecule has 0 N–H and O–H groups in total. The summed E-state index contributed by atoms with van der Waals surface area (Å²) in [6, 6.07) is 32.3. The number of aromatic nitrogens is 2. The van der Waals surface area contributed by atoms with Gasteiger partial charge in [-0.05, 0) is 76.6 Å². The molecule has 7 rings (SSSR count). The fraction of sp³-hybridized carbons (Fsp3) is 0.242. The quantitative estimate of drug-likeness (QED) is 0.242. The highest BCUT2D eigenvalue weighted by atomic mass is 16.3. The molecule has 0 saturated heterocycles. The predicted molar refractivity (Wildman–Crippen MR) is 157 cm³/mol. The molecule has 0 radical (unpaired) electrons. The standard InChI is InChI=1S/C33H32N4O/c1-21(2)37-26-16-8-6-13-23(26)32(34-37)35-22(3)36(28-18-10-9-17-27(28)35)33(4,5)25-15-12-20-30-31(25)24-14-7-11-19-29(24)38-30/h6-22H,1-5H3. The first-order valence-electron chi connectivity index (χ1n) is 13.4. The average Bonchev–Trinajstić information content (AvgIpc) is 3.57. The van der Waals surface area contributed by atoms with Gasteiger partial charge in [0.05, 0.1) is 22.4 Å². The zero-order valence-corrected chi connectivity index (χ0v) is 22.5. The van der Waals surface area contributed by atoms with Gasteiger partial charge in [0.15, 0.2) is 5.82 Å². The third-order valence-electron chi connectivity index (χ3n) is 8.12. The summed E-state index contributed by atoms with van der Waals surface area (Å²) in [4.78, 5) is 4.95. The summed E-state index contributed by atoms with van der Waals surface area (Å²) >= 11 is 0. The molecular weight excluding hydrogens is 468 g/mol. The van der Waals surface area contributed by atoms with Crippen molar-refractivity contribution in [3.63, 3.8) is 0 Å². The van der Waals surface area contributed by atoms with Crippen LogP contribution in [-0.4, -0.2) is 15.9 Å². The van der Waals surface area contributed by atoms with Crippen LogP contribution in [0.4, 0.5) is 17.2 Å². The number of nitrogens with zero attached hydrogens (tertiary/aromatic N) is 4. The zero-order chi connectivity index (χ0) is 26.2. The molecule has 5 nitrogen and oxygen atoms in total. The van der Waals surface area contributed by atoms with Crippen LogP contribution in [-0.2, 0) is 5.54 Å². The molecular formula is C33H32N4O. The molecule has 38 heavy (non-hydrogen) atoms. The van der Waals surface area contributed by atoms with Crippen LogP contribution in [0.3, 0.4) is 0 Å². The van der Waals surface area contributed by atoms with Crippen molar-refractivity contribution in [2.24, 2.45) is 0 Å². The molecule has 0 saturated carbocycles. The van der Waals surface area contributed by atoms with E-state index in [9.17, 15) is 0 Å². The van der Waals surface area contributed by atoms with Crippen molar-refractivity contribution in [3.8, 4) is 0 Å². The molecule has 0 bridgehead atoms. The van der Waals surface area contributed by atoms with E-state index >= 15 is 0 Å². The molecule has 1 aliphatic heterocycles. The summed E-state index contributed by atoms with van der Waals surface area (Å²) in [6.07, 6.45) is 0.0368. The first-order valence-corrected chi connectivity index (χ1v) is 13.4. The second-order valence-electron chi connectivity index (χ2n) is 11.1. The summed E-state index contributed by atoms with van der Waals surface area (Å²) in [5, 5.41) is 8.71. The number of rotatable bonds is 4. The Morgan fingerprint density at radius 2 is 1.42 bits per heavy atom. The Morgan fingerprint density at radius 3 is 2.21 bits per heavy atom. The Labute approximate surface area is 222 Å². The summed E-state index contributed by atoms with van der Waals surface area (Å²) in [6.45, 7) is 11.3. The summed E-state index contributed by atoms with van der Waals surface area (Å²) in [7, 11) is 0. The van der Waals surface area contributed by atoms with Crippen molar-refractivity contribution in [2.45, 2.75) is 52.4 Å². The van der Waals surface area contributed by atoms with E-state index < -0.39 is 0 Å². The highest BCUT2D eigenvalue weighted by molar-refractivity contribution is 6.07. The molecule has 3 heterocycles. The predicted octanol–water partition coefficient (Wildman–Crippen LogP) is 8.76. The number of para-hydroxylation sites is 4.